The second kappa shape index (κ2) is 6.63. The molecule has 1 aliphatic heterocycles. The van der Waals surface area contributed by atoms with Crippen LogP contribution in [-0.2, 0) is 10.4 Å². The van der Waals surface area contributed by atoms with E-state index >= 15 is 0 Å². The minimum Gasteiger partial charge on any atom is -0.383 e. The molecule has 20 heavy (non-hydrogen) atoms. The number of hydrogen-bond acceptors (Lipinski definition) is 4. The molecular formula is C15H21N3O2. The highest BCUT2D eigenvalue weighted by Gasteiger charge is 2.35. The number of nitrogens with zero attached hydrogens (tertiary/aromatic N) is 2. The van der Waals surface area contributed by atoms with Crippen LogP contribution in [0.15, 0.2) is 37.1 Å². The minimum absolute atomic E-state index is 0.00632. The first-order chi connectivity index (χ1) is 9.64. The van der Waals surface area contributed by atoms with E-state index in [0.717, 1.165) is 5.69 Å². The predicted octanol–water partition coefficient (Wildman–Crippen LogP) is 0.667. The number of pyridine rings is 1. The summed E-state index contributed by atoms with van der Waals surface area (Å²) in [5.41, 5.74) is -0.147. The van der Waals surface area contributed by atoms with Crippen LogP contribution in [-0.4, -0.2) is 47.1 Å². The van der Waals surface area contributed by atoms with Crippen LogP contribution in [0.4, 0.5) is 0 Å². The molecule has 0 atom stereocenters. The van der Waals surface area contributed by atoms with E-state index in [0.29, 0.717) is 39.0 Å². The first-order valence-corrected chi connectivity index (χ1v) is 6.88. The SMILES string of the molecule is C=CCNC(=O)CN1CCC(O)(c2ccccn2)CC1. The van der Waals surface area contributed by atoms with Crippen molar-refractivity contribution in [1.82, 2.24) is 15.2 Å². The van der Waals surface area contributed by atoms with Gasteiger partial charge in [0.25, 0.3) is 0 Å². The number of hydrogen-bond donors (Lipinski definition) is 2. The van der Waals surface area contributed by atoms with E-state index in [1.54, 1.807) is 12.3 Å². The van der Waals surface area contributed by atoms with Crippen molar-refractivity contribution in [3.05, 3.63) is 42.7 Å². The molecule has 1 aliphatic rings. The third-order valence-corrected chi connectivity index (χ3v) is 3.64. The molecule has 0 saturated carbocycles. The van der Waals surface area contributed by atoms with Crippen LogP contribution in [0.5, 0.6) is 0 Å². The lowest BCUT2D eigenvalue weighted by molar-refractivity contribution is -0.123. The largest absolute Gasteiger partial charge is 0.383 e. The quantitative estimate of drug-likeness (QED) is 0.775. The van der Waals surface area contributed by atoms with Gasteiger partial charge in [0.15, 0.2) is 0 Å². The maximum Gasteiger partial charge on any atom is 0.234 e. The van der Waals surface area contributed by atoms with E-state index in [4.69, 9.17) is 0 Å². The van der Waals surface area contributed by atoms with E-state index in [9.17, 15) is 9.90 Å². The normalized spacial score (nSPS) is 18.4. The van der Waals surface area contributed by atoms with Crippen molar-refractivity contribution in [2.45, 2.75) is 18.4 Å². The highest BCUT2D eigenvalue weighted by Crippen LogP contribution is 2.31. The molecule has 0 bridgehead atoms. The molecule has 0 radical (unpaired) electrons. The fourth-order valence-electron chi connectivity index (χ4n) is 2.42. The maximum absolute atomic E-state index is 11.6. The van der Waals surface area contributed by atoms with Gasteiger partial charge < -0.3 is 10.4 Å². The standard InChI is InChI=1S/C15H21N3O2/c1-2-8-17-14(19)12-18-10-6-15(20,7-11-18)13-5-3-4-9-16-13/h2-5,9,20H,1,6-8,10-12H2,(H,17,19). The summed E-state index contributed by atoms with van der Waals surface area (Å²) in [5.74, 6) is -0.00632. The van der Waals surface area contributed by atoms with Crippen LogP contribution in [0, 0.1) is 0 Å². The molecule has 108 valence electrons. The molecule has 5 heteroatoms. The van der Waals surface area contributed by atoms with Gasteiger partial charge in [0.2, 0.25) is 5.91 Å². The third kappa shape index (κ3) is 3.65. The van der Waals surface area contributed by atoms with E-state index in [1.165, 1.54) is 0 Å². The highest BCUT2D eigenvalue weighted by molar-refractivity contribution is 5.78. The summed E-state index contributed by atoms with van der Waals surface area (Å²) in [6.45, 7) is 5.80. The summed E-state index contributed by atoms with van der Waals surface area (Å²) in [6.07, 6.45) is 4.55. The Bertz CT molecular complexity index is 453. The lowest BCUT2D eigenvalue weighted by Crippen LogP contribution is -2.46. The van der Waals surface area contributed by atoms with Crippen molar-refractivity contribution in [3.63, 3.8) is 0 Å². The molecule has 1 aromatic heterocycles. The zero-order valence-corrected chi connectivity index (χ0v) is 11.6. The molecular weight excluding hydrogens is 254 g/mol. The van der Waals surface area contributed by atoms with E-state index in [2.05, 4.69) is 21.8 Å². The second-order valence-electron chi connectivity index (χ2n) is 5.12. The van der Waals surface area contributed by atoms with Gasteiger partial charge in [-0.1, -0.05) is 12.1 Å². The van der Waals surface area contributed by atoms with Crippen molar-refractivity contribution in [3.8, 4) is 0 Å². The Kier molecular flexibility index (Phi) is 4.87. The van der Waals surface area contributed by atoms with Crippen LogP contribution in [0.1, 0.15) is 18.5 Å². The molecule has 0 spiro atoms. The second-order valence-corrected chi connectivity index (χ2v) is 5.12. The number of nitrogens with one attached hydrogen (secondary N) is 1. The van der Waals surface area contributed by atoms with Crippen molar-refractivity contribution < 1.29 is 9.90 Å². The average molecular weight is 275 g/mol. The molecule has 0 unspecified atom stereocenters. The zero-order valence-electron chi connectivity index (χ0n) is 11.6. The monoisotopic (exact) mass is 275 g/mol. The lowest BCUT2D eigenvalue weighted by Gasteiger charge is -2.37. The van der Waals surface area contributed by atoms with Crippen LogP contribution in [0.3, 0.4) is 0 Å². The van der Waals surface area contributed by atoms with E-state index in [1.807, 2.05) is 18.2 Å². The molecule has 0 aliphatic carbocycles. The van der Waals surface area contributed by atoms with Crippen LogP contribution in [0.25, 0.3) is 0 Å². The number of likely N-dealkylation sites (tertiary alicyclic amines) is 1. The van der Waals surface area contributed by atoms with Crippen molar-refractivity contribution in [2.75, 3.05) is 26.2 Å². The summed E-state index contributed by atoms with van der Waals surface area (Å²) in [7, 11) is 0. The summed E-state index contributed by atoms with van der Waals surface area (Å²) in [6, 6.07) is 5.58. The Morgan fingerprint density at radius 3 is 2.85 bits per heavy atom. The third-order valence-electron chi connectivity index (χ3n) is 3.64. The molecule has 0 aromatic carbocycles. The van der Waals surface area contributed by atoms with Crippen molar-refractivity contribution in [1.29, 1.82) is 0 Å². The van der Waals surface area contributed by atoms with E-state index in [-0.39, 0.29) is 5.91 Å². The molecule has 5 nitrogen and oxygen atoms in total. The number of aromatic nitrogens is 1. The first-order valence-electron chi connectivity index (χ1n) is 6.88. The maximum atomic E-state index is 11.6. The van der Waals surface area contributed by atoms with Crippen molar-refractivity contribution >= 4 is 5.91 Å². The number of piperidine rings is 1. The zero-order chi connectivity index (χ0) is 14.4. The number of carbonyl (C=O) groups is 1. The Labute approximate surface area is 119 Å². The van der Waals surface area contributed by atoms with Crippen molar-refractivity contribution in [2.24, 2.45) is 0 Å². The Balaban J connectivity index is 1.86. The number of carbonyl (C=O) groups excluding carboxylic acids is 1. The molecule has 1 fully saturated rings. The number of amides is 1. The highest BCUT2D eigenvalue weighted by atomic mass is 16.3. The number of rotatable bonds is 5. The first kappa shape index (κ1) is 14.7. The molecule has 1 saturated heterocycles. The van der Waals surface area contributed by atoms with Gasteiger partial charge in [-0.05, 0) is 25.0 Å². The lowest BCUT2D eigenvalue weighted by atomic mass is 9.88. The predicted molar refractivity (Wildman–Crippen MR) is 77.0 cm³/mol. The Hall–Kier alpha value is -1.72. The smallest absolute Gasteiger partial charge is 0.234 e. The van der Waals surface area contributed by atoms with Crippen LogP contribution < -0.4 is 5.32 Å². The topological polar surface area (TPSA) is 65.5 Å². The summed E-state index contributed by atoms with van der Waals surface area (Å²) in [5, 5.41) is 13.4. The van der Waals surface area contributed by atoms with Crippen LogP contribution >= 0.6 is 0 Å². The fraction of sp³-hybridized carbons (Fsp3) is 0.467. The molecule has 1 amide bonds. The van der Waals surface area contributed by atoms with Gasteiger partial charge in [-0.15, -0.1) is 6.58 Å². The van der Waals surface area contributed by atoms with Gasteiger partial charge in [0.1, 0.15) is 5.60 Å². The molecule has 1 aromatic rings. The minimum atomic E-state index is -0.866. The Morgan fingerprint density at radius 1 is 1.50 bits per heavy atom. The van der Waals surface area contributed by atoms with Crippen LogP contribution in [0.2, 0.25) is 0 Å². The van der Waals surface area contributed by atoms with Gasteiger partial charge in [-0.2, -0.15) is 0 Å². The molecule has 2 N–H and O–H groups in total. The summed E-state index contributed by atoms with van der Waals surface area (Å²) >= 11 is 0. The van der Waals surface area contributed by atoms with E-state index < -0.39 is 5.60 Å². The average Bonchev–Trinajstić information content (AvgIpc) is 2.49. The Morgan fingerprint density at radius 2 is 2.25 bits per heavy atom. The van der Waals surface area contributed by atoms with Gasteiger partial charge in [-0.3, -0.25) is 14.7 Å². The molecule has 2 rings (SSSR count). The summed E-state index contributed by atoms with van der Waals surface area (Å²) < 4.78 is 0. The summed E-state index contributed by atoms with van der Waals surface area (Å²) in [4.78, 5) is 17.9. The van der Waals surface area contributed by atoms with Gasteiger partial charge in [0, 0.05) is 25.8 Å². The van der Waals surface area contributed by atoms with Gasteiger partial charge in [-0.25, -0.2) is 0 Å². The van der Waals surface area contributed by atoms with Gasteiger partial charge >= 0.3 is 0 Å². The fourth-order valence-corrected chi connectivity index (χ4v) is 2.42. The molecule has 2 heterocycles. The van der Waals surface area contributed by atoms with Gasteiger partial charge in [0.05, 0.1) is 12.2 Å². The number of aliphatic hydroxyl groups is 1.